The molecular formula is C8H9N3O2. The molecule has 0 radical (unpaired) electrons. The summed E-state index contributed by atoms with van der Waals surface area (Å²) in [6.07, 6.45) is 7.77. The molecule has 1 aliphatic rings. The maximum Gasteiger partial charge on any atom is 0.344 e. The van der Waals surface area contributed by atoms with Gasteiger partial charge in [0.25, 0.3) is 0 Å². The number of hydrogen-bond donors (Lipinski definition) is 2. The highest BCUT2D eigenvalue weighted by Crippen LogP contribution is 2.09. The quantitative estimate of drug-likeness (QED) is 0.648. The minimum absolute atomic E-state index is 0.198. The molecule has 2 N–H and O–H groups in total. The maximum atomic E-state index is 11.1. The molecule has 1 aromatic rings. The van der Waals surface area contributed by atoms with E-state index in [1.165, 1.54) is 4.68 Å². The number of aromatic nitrogens is 3. The molecule has 1 aliphatic carbocycles. The van der Waals surface area contributed by atoms with Crippen LogP contribution in [0.1, 0.15) is 0 Å². The van der Waals surface area contributed by atoms with E-state index in [9.17, 15) is 9.59 Å². The average molecular weight is 179 g/mol. The van der Waals surface area contributed by atoms with Crippen LogP contribution >= 0.6 is 0 Å². The summed E-state index contributed by atoms with van der Waals surface area (Å²) in [7, 11) is 0. The van der Waals surface area contributed by atoms with Crippen LogP contribution in [0.4, 0.5) is 0 Å². The summed E-state index contributed by atoms with van der Waals surface area (Å²) in [5, 5.41) is 2.40. The average Bonchev–Trinajstić information content (AvgIpc) is 2.63. The molecule has 0 bridgehead atoms. The van der Waals surface area contributed by atoms with Crippen molar-refractivity contribution in [2.45, 2.75) is 6.54 Å². The lowest BCUT2D eigenvalue weighted by Gasteiger charge is -2.03. The van der Waals surface area contributed by atoms with Crippen LogP contribution in [0.15, 0.2) is 33.9 Å². The van der Waals surface area contributed by atoms with E-state index in [2.05, 4.69) is 10.1 Å². The predicted molar refractivity (Wildman–Crippen MR) is 47.4 cm³/mol. The van der Waals surface area contributed by atoms with E-state index < -0.39 is 11.4 Å². The smallest absolute Gasteiger partial charge is 0.257 e. The number of nitrogens with one attached hydrogen (secondary N) is 2. The van der Waals surface area contributed by atoms with Gasteiger partial charge in [-0.15, -0.1) is 0 Å². The predicted octanol–water partition coefficient (Wildman–Crippen LogP) is -0.393. The van der Waals surface area contributed by atoms with Crippen molar-refractivity contribution in [2.24, 2.45) is 5.92 Å². The number of nitrogens with zero attached hydrogens (tertiary/aromatic N) is 1. The molecule has 13 heavy (non-hydrogen) atoms. The molecule has 0 aliphatic heterocycles. The first kappa shape index (κ1) is 7.85. The first-order chi connectivity index (χ1) is 6.25. The zero-order valence-corrected chi connectivity index (χ0v) is 6.86. The largest absolute Gasteiger partial charge is 0.344 e. The van der Waals surface area contributed by atoms with Gasteiger partial charge in [-0.25, -0.2) is 19.4 Å². The lowest BCUT2D eigenvalue weighted by molar-refractivity contribution is 0.537. The molecule has 68 valence electrons. The Hall–Kier alpha value is -1.78. The second kappa shape index (κ2) is 2.93. The fourth-order valence-corrected chi connectivity index (χ4v) is 1.30. The Bertz CT molecular complexity index is 448. The SMILES string of the molecule is O=c1[nH]c(=O)n(CC2C=CC=C2)[nH]1. The third-order valence-corrected chi connectivity index (χ3v) is 1.92. The topological polar surface area (TPSA) is 70.7 Å². The van der Waals surface area contributed by atoms with Gasteiger partial charge in [-0.2, -0.15) is 0 Å². The summed E-state index contributed by atoms with van der Waals surface area (Å²) < 4.78 is 1.27. The molecule has 0 fully saturated rings. The highest BCUT2D eigenvalue weighted by Gasteiger charge is 2.07. The lowest BCUT2D eigenvalue weighted by Crippen LogP contribution is -2.21. The van der Waals surface area contributed by atoms with Crippen LogP contribution < -0.4 is 11.4 Å². The molecule has 0 amide bonds. The van der Waals surface area contributed by atoms with Gasteiger partial charge in [0.2, 0.25) is 0 Å². The summed E-state index contributed by atoms with van der Waals surface area (Å²) >= 11 is 0. The van der Waals surface area contributed by atoms with Gasteiger partial charge < -0.3 is 0 Å². The summed E-state index contributed by atoms with van der Waals surface area (Å²) in [5.41, 5.74) is -0.852. The molecule has 0 unspecified atom stereocenters. The van der Waals surface area contributed by atoms with Gasteiger partial charge >= 0.3 is 11.4 Å². The van der Waals surface area contributed by atoms with Crippen molar-refractivity contribution in [3.63, 3.8) is 0 Å². The number of hydrogen-bond acceptors (Lipinski definition) is 2. The van der Waals surface area contributed by atoms with E-state index in [0.717, 1.165) is 0 Å². The third kappa shape index (κ3) is 1.53. The number of allylic oxidation sites excluding steroid dienone is 4. The minimum Gasteiger partial charge on any atom is -0.257 e. The lowest BCUT2D eigenvalue weighted by atomic mass is 10.2. The number of rotatable bonds is 2. The van der Waals surface area contributed by atoms with Gasteiger partial charge in [0, 0.05) is 5.92 Å². The second-order valence-corrected chi connectivity index (χ2v) is 2.92. The van der Waals surface area contributed by atoms with Gasteiger partial charge in [0.15, 0.2) is 0 Å². The van der Waals surface area contributed by atoms with E-state index >= 15 is 0 Å². The van der Waals surface area contributed by atoms with E-state index in [4.69, 9.17) is 0 Å². The van der Waals surface area contributed by atoms with Crippen LogP contribution in [-0.4, -0.2) is 14.8 Å². The first-order valence-corrected chi connectivity index (χ1v) is 4.00. The van der Waals surface area contributed by atoms with Crippen LogP contribution in [0, 0.1) is 5.92 Å². The van der Waals surface area contributed by atoms with Crippen molar-refractivity contribution < 1.29 is 0 Å². The second-order valence-electron chi connectivity index (χ2n) is 2.92. The Morgan fingerprint density at radius 2 is 2.00 bits per heavy atom. The minimum atomic E-state index is -0.462. The molecule has 0 saturated heterocycles. The Balaban J connectivity index is 2.22. The van der Waals surface area contributed by atoms with Crippen LogP contribution in [-0.2, 0) is 6.54 Å². The molecule has 2 rings (SSSR count). The van der Waals surface area contributed by atoms with Crippen LogP contribution in [0.25, 0.3) is 0 Å². The van der Waals surface area contributed by atoms with E-state index in [0.29, 0.717) is 6.54 Å². The highest BCUT2D eigenvalue weighted by atomic mass is 16.2. The van der Waals surface area contributed by atoms with E-state index in [-0.39, 0.29) is 5.92 Å². The van der Waals surface area contributed by atoms with Crippen molar-refractivity contribution in [3.05, 3.63) is 45.3 Å². The standard InChI is InChI=1S/C8H9N3O2/c12-7-9-8(13)11(10-7)5-6-3-1-2-4-6/h1-4,6H,5H2,(H2,9,10,12,13). The molecule has 0 saturated carbocycles. The third-order valence-electron chi connectivity index (χ3n) is 1.92. The fraction of sp³-hybridized carbons (Fsp3) is 0.250. The zero-order chi connectivity index (χ0) is 9.26. The van der Waals surface area contributed by atoms with Gasteiger partial charge in [-0.1, -0.05) is 24.3 Å². The first-order valence-electron chi connectivity index (χ1n) is 4.00. The van der Waals surface area contributed by atoms with Gasteiger partial charge in [-0.05, 0) is 0 Å². The molecular weight excluding hydrogens is 170 g/mol. The Kier molecular flexibility index (Phi) is 1.77. The van der Waals surface area contributed by atoms with Crippen molar-refractivity contribution in [3.8, 4) is 0 Å². The van der Waals surface area contributed by atoms with Crippen molar-refractivity contribution in [2.75, 3.05) is 0 Å². The monoisotopic (exact) mass is 179 g/mol. The molecule has 0 aromatic carbocycles. The maximum absolute atomic E-state index is 11.1. The molecule has 1 aromatic heterocycles. The van der Waals surface area contributed by atoms with Gasteiger partial charge in [0.05, 0.1) is 6.54 Å². The van der Waals surface area contributed by atoms with Crippen LogP contribution in [0.2, 0.25) is 0 Å². The van der Waals surface area contributed by atoms with Crippen LogP contribution in [0.5, 0.6) is 0 Å². The number of H-pyrrole nitrogens is 2. The fourth-order valence-electron chi connectivity index (χ4n) is 1.30. The van der Waals surface area contributed by atoms with Crippen molar-refractivity contribution in [1.82, 2.24) is 14.8 Å². The number of aromatic amines is 2. The van der Waals surface area contributed by atoms with E-state index in [1.807, 2.05) is 24.3 Å². The van der Waals surface area contributed by atoms with Gasteiger partial charge in [0.1, 0.15) is 0 Å². The van der Waals surface area contributed by atoms with Crippen molar-refractivity contribution >= 4 is 0 Å². The summed E-state index contributed by atoms with van der Waals surface area (Å²) in [5.74, 6) is 0.198. The molecule has 5 heteroatoms. The molecule has 0 atom stereocenters. The molecule has 1 heterocycles. The van der Waals surface area contributed by atoms with Crippen molar-refractivity contribution in [1.29, 1.82) is 0 Å². The molecule has 5 nitrogen and oxygen atoms in total. The molecule has 0 spiro atoms. The Labute approximate surface area is 73.4 Å². The van der Waals surface area contributed by atoms with E-state index in [1.54, 1.807) is 0 Å². The normalized spacial score (nSPS) is 15.7. The van der Waals surface area contributed by atoms with Crippen LogP contribution in [0.3, 0.4) is 0 Å². The summed E-state index contributed by atoms with van der Waals surface area (Å²) in [6.45, 7) is 0.477. The Morgan fingerprint density at radius 1 is 1.31 bits per heavy atom. The Morgan fingerprint density at radius 3 is 2.54 bits per heavy atom. The summed E-state index contributed by atoms with van der Waals surface area (Å²) in [4.78, 5) is 23.9. The van der Waals surface area contributed by atoms with Gasteiger partial charge in [-0.3, -0.25) is 4.98 Å². The highest BCUT2D eigenvalue weighted by molar-refractivity contribution is 5.17. The summed E-state index contributed by atoms with van der Waals surface area (Å²) in [6, 6.07) is 0. The zero-order valence-electron chi connectivity index (χ0n) is 6.86.